The molecule has 1 atom stereocenters. The van der Waals surface area contributed by atoms with Crippen LogP contribution in [-0.4, -0.2) is 20.4 Å². The maximum Gasteiger partial charge on any atom is 0.253 e. The molecule has 2 N–H and O–H groups in total. The largest absolute Gasteiger partial charge is 0.350 e. The molecule has 0 spiro atoms. The lowest BCUT2D eigenvalue weighted by Gasteiger charge is -2.17. The summed E-state index contributed by atoms with van der Waals surface area (Å²) in [6.07, 6.45) is 3.45. The highest BCUT2D eigenvalue weighted by molar-refractivity contribution is 5.81. The van der Waals surface area contributed by atoms with Crippen molar-refractivity contribution in [3.05, 3.63) is 64.2 Å². The molecule has 26 heavy (non-hydrogen) atoms. The van der Waals surface area contributed by atoms with E-state index in [-0.39, 0.29) is 23.9 Å². The number of carbonyl (C=O) groups excluding carboxylic acids is 1. The van der Waals surface area contributed by atoms with Crippen molar-refractivity contribution in [2.75, 3.05) is 0 Å². The van der Waals surface area contributed by atoms with E-state index in [2.05, 4.69) is 15.3 Å². The molecule has 1 aromatic carbocycles. The van der Waals surface area contributed by atoms with Gasteiger partial charge in [-0.2, -0.15) is 0 Å². The molecule has 2 heterocycles. The molecule has 0 saturated carbocycles. The Kier molecular flexibility index (Phi) is 4.88. The first-order valence-corrected chi connectivity index (χ1v) is 8.48. The second-order valence-corrected chi connectivity index (χ2v) is 6.60. The summed E-state index contributed by atoms with van der Waals surface area (Å²) in [5.41, 5.74) is 0.499. The molecule has 136 valence electrons. The second-order valence-electron chi connectivity index (χ2n) is 6.60. The number of fused-ring (bicyclic) bond motifs is 1. The predicted molar refractivity (Wildman–Crippen MR) is 97.4 cm³/mol. The van der Waals surface area contributed by atoms with E-state index in [0.717, 1.165) is 5.82 Å². The third kappa shape index (κ3) is 3.51. The van der Waals surface area contributed by atoms with Gasteiger partial charge in [0.1, 0.15) is 17.7 Å². The smallest absolute Gasteiger partial charge is 0.253 e. The van der Waals surface area contributed by atoms with Crippen LogP contribution in [0, 0.1) is 5.82 Å². The van der Waals surface area contributed by atoms with Gasteiger partial charge < -0.3 is 14.9 Å². The van der Waals surface area contributed by atoms with Gasteiger partial charge in [0.2, 0.25) is 5.91 Å². The lowest BCUT2D eigenvalue weighted by Crippen LogP contribution is -2.33. The first-order valence-electron chi connectivity index (χ1n) is 8.48. The van der Waals surface area contributed by atoms with Gasteiger partial charge in [-0.15, -0.1) is 0 Å². The Balaban J connectivity index is 1.76. The van der Waals surface area contributed by atoms with Gasteiger partial charge in [-0.25, -0.2) is 9.37 Å². The fourth-order valence-corrected chi connectivity index (χ4v) is 2.91. The Hall–Kier alpha value is -2.96. The van der Waals surface area contributed by atoms with Crippen LogP contribution in [0.4, 0.5) is 4.39 Å². The van der Waals surface area contributed by atoms with Crippen LogP contribution in [0.5, 0.6) is 0 Å². The third-order valence-corrected chi connectivity index (χ3v) is 4.35. The first kappa shape index (κ1) is 17.8. The Morgan fingerprint density at radius 1 is 1.31 bits per heavy atom. The number of aromatic amines is 1. The van der Waals surface area contributed by atoms with Gasteiger partial charge in [0.25, 0.3) is 5.56 Å². The molecular weight excluding hydrogens is 335 g/mol. The average Bonchev–Trinajstić information content (AvgIpc) is 3.09. The minimum absolute atomic E-state index is 0.0948. The molecule has 0 aliphatic heterocycles. The normalized spacial score (nSPS) is 12.5. The van der Waals surface area contributed by atoms with E-state index in [1.807, 2.05) is 18.4 Å². The molecular formula is C19H21FN4O2. The number of hydrogen-bond donors (Lipinski definition) is 2. The van der Waals surface area contributed by atoms with Gasteiger partial charge in [-0.05, 0) is 36.6 Å². The van der Waals surface area contributed by atoms with E-state index < -0.39 is 11.9 Å². The molecule has 6 nitrogen and oxygen atoms in total. The predicted octanol–water partition coefficient (Wildman–Crippen LogP) is 2.86. The summed E-state index contributed by atoms with van der Waals surface area (Å²) in [5, 5.41) is 3.50. The van der Waals surface area contributed by atoms with E-state index >= 15 is 0 Å². The number of carbonyl (C=O) groups is 1. The minimum Gasteiger partial charge on any atom is -0.350 e. The number of benzene rings is 1. The van der Waals surface area contributed by atoms with Crippen LogP contribution in [0.1, 0.15) is 44.1 Å². The molecule has 3 rings (SSSR count). The van der Waals surface area contributed by atoms with E-state index in [9.17, 15) is 14.0 Å². The second kappa shape index (κ2) is 7.11. The lowest BCUT2D eigenvalue weighted by atomic mass is 10.1. The van der Waals surface area contributed by atoms with Crippen LogP contribution in [0.15, 0.2) is 41.5 Å². The van der Waals surface area contributed by atoms with E-state index in [0.29, 0.717) is 16.5 Å². The summed E-state index contributed by atoms with van der Waals surface area (Å²) in [5.74, 6) is 0.412. The van der Waals surface area contributed by atoms with Crippen LogP contribution < -0.4 is 10.9 Å². The highest BCUT2D eigenvalue weighted by atomic mass is 19.1. The maximum absolute atomic E-state index is 13.2. The fourth-order valence-electron chi connectivity index (χ4n) is 2.91. The Bertz CT molecular complexity index is 1010. The molecule has 1 amide bonds. The highest BCUT2D eigenvalue weighted by Crippen LogP contribution is 2.17. The van der Waals surface area contributed by atoms with Crippen molar-refractivity contribution < 1.29 is 9.18 Å². The highest BCUT2D eigenvalue weighted by Gasteiger charge is 2.19. The fraction of sp³-hybridized carbons (Fsp3) is 0.316. The molecule has 0 saturated heterocycles. The Labute approximate surface area is 150 Å². The van der Waals surface area contributed by atoms with Gasteiger partial charge in [0, 0.05) is 30.4 Å². The average molecular weight is 356 g/mol. The zero-order valence-corrected chi connectivity index (χ0v) is 14.9. The topological polar surface area (TPSA) is 79.8 Å². The van der Waals surface area contributed by atoms with Crippen molar-refractivity contribution >= 4 is 16.8 Å². The summed E-state index contributed by atoms with van der Waals surface area (Å²) >= 11 is 0. The van der Waals surface area contributed by atoms with Gasteiger partial charge in [0.05, 0.1) is 5.52 Å². The zero-order valence-electron chi connectivity index (χ0n) is 14.9. The minimum atomic E-state index is -0.441. The number of pyridine rings is 1. The number of halogens is 1. The van der Waals surface area contributed by atoms with Crippen LogP contribution in [0.25, 0.3) is 10.9 Å². The molecule has 2 aromatic heterocycles. The number of aromatic nitrogens is 3. The van der Waals surface area contributed by atoms with E-state index in [4.69, 9.17) is 0 Å². The Morgan fingerprint density at radius 2 is 2.08 bits per heavy atom. The molecule has 7 heteroatoms. The van der Waals surface area contributed by atoms with Crippen molar-refractivity contribution in [2.24, 2.45) is 0 Å². The van der Waals surface area contributed by atoms with Gasteiger partial charge in [-0.1, -0.05) is 13.8 Å². The maximum atomic E-state index is 13.2. The van der Waals surface area contributed by atoms with Gasteiger partial charge in [-0.3, -0.25) is 9.59 Å². The number of rotatable bonds is 5. The van der Waals surface area contributed by atoms with Crippen LogP contribution >= 0.6 is 0 Å². The van der Waals surface area contributed by atoms with Crippen molar-refractivity contribution in [2.45, 2.75) is 39.3 Å². The van der Waals surface area contributed by atoms with Crippen molar-refractivity contribution in [1.29, 1.82) is 0 Å². The van der Waals surface area contributed by atoms with Gasteiger partial charge >= 0.3 is 0 Å². The van der Waals surface area contributed by atoms with E-state index in [1.165, 1.54) is 12.1 Å². The number of amides is 1. The molecule has 0 aliphatic carbocycles. The molecule has 0 fully saturated rings. The molecule has 0 bridgehead atoms. The van der Waals surface area contributed by atoms with Gasteiger partial charge in [0.15, 0.2) is 0 Å². The first-order chi connectivity index (χ1) is 12.4. The lowest BCUT2D eigenvalue weighted by molar-refractivity contribution is -0.124. The summed E-state index contributed by atoms with van der Waals surface area (Å²) in [4.78, 5) is 31.6. The Morgan fingerprint density at radius 3 is 2.81 bits per heavy atom. The molecule has 0 unspecified atom stereocenters. The number of H-pyrrole nitrogens is 1. The SMILES string of the molecule is CC(C)c1nccn1[C@H](C)C(=O)NCc1cc2ccc(F)cc2[nH]c1=O. The number of nitrogens with zero attached hydrogens (tertiary/aromatic N) is 2. The molecule has 0 aliphatic rings. The number of hydrogen-bond acceptors (Lipinski definition) is 3. The van der Waals surface area contributed by atoms with Crippen LogP contribution in [0.3, 0.4) is 0 Å². The van der Waals surface area contributed by atoms with Crippen molar-refractivity contribution in [3.63, 3.8) is 0 Å². The van der Waals surface area contributed by atoms with Crippen LogP contribution in [-0.2, 0) is 11.3 Å². The number of nitrogens with one attached hydrogen (secondary N) is 2. The summed E-state index contributed by atoms with van der Waals surface area (Å²) in [6.45, 7) is 5.91. The monoisotopic (exact) mass is 356 g/mol. The van der Waals surface area contributed by atoms with Crippen LogP contribution in [0.2, 0.25) is 0 Å². The quantitative estimate of drug-likeness (QED) is 0.738. The standard InChI is InChI=1S/C19H21FN4O2/c1-11(2)17-21-6-7-24(17)12(3)18(25)22-10-14-8-13-4-5-15(20)9-16(13)23-19(14)26/h4-9,11-12H,10H2,1-3H3,(H,22,25)(H,23,26)/t12-/m1/s1. The summed E-state index contributed by atoms with van der Waals surface area (Å²) in [7, 11) is 0. The van der Waals surface area contributed by atoms with Crippen molar-refractivity contribution in [3.8, 4) is 0 Å². The summed E-state index contributed by atoms with van der Waals surface area (Å²) in [6, 6.07) is 5.42. The number of imidazole rings is 1. The van der Waals surface area contributed by atoms with Crippen molar-refractivity contribution in [1.82, 2.24) is 19.9 Å². The zero-order chi connectivity index (χ0) is 18.8. The summed E-state index contributed by atoms with van der Waals surface area (Å²) < 4.78 is 15.1. The molecule has 0 radical (unpaired) electrons. The molecule has 3 aromatic rings. The third-order valence-electron chi connectivity index (χ3n) is 4.35. The van der Waals surface area contributed by atoms with E-state index in [1.54, 1.807) is 31.5 Å².